The van der Waals surface area contributed by atoms with Crippen molar-refractivity contribution in [1.29, 1.82) is 0 Å². The summed E-state index contributed by atoms with van der Waals surface area (Å²) in [7, 11) is 1.50. The smallest absolute Gasteiger partial charge is 0.462 e. The number of esters is 2. The molecular formula is C76H151NO8P+. The van der Waals surface area contributed by atoms with E-state index < -0.39 is 26.5 Å². The minimum Gasteiger partial charge on any atom is -0.462 e. The summed E-state index contributed by atoms with van der Waals surface area (Å²) in [5.74, 6) is -0.771. The number of ether oxygens (including phenoxy) is 2. The highest BCUT2D eigenvalue weighted by Crippen LogP contribution is 2.43. The van der Waals surface area contributed by atoms with E-state index in [0.717, 1.165) is 32.1 Å². The maximum Gasteiger partial charge on any atom is 0.472 e. The second-order valence-electron chi connectivity index (χ2n) is 27.8. The zero-order valence-electron chi connectivity index (χ0n) is 58.6. The van der Waals surface area contributed by atoms with Gasteiger partial charge in [0.1, 0.15) is 19.8 Å². The van der Waals surface area contributed by atoms with E-state index in [2.05, 4.69) is 26.0 Å². The van der Waals surface area contributed by atoms with E-state index in [4.69, 9.17) is 18.5 Å². The van der Waals surface area contributed by atoms with Gasteiger partial charge in [0.25, 0.3) is 0 Å². The van der Waals surface area contributed by atoms with Crippen molar-refractivity contribution in [2.45, 2.75) is 418 Å². The molecule has 2 atom stereocenters. The molecular weight excluding hydrogens is 1090 g/mol. The van der Waals surface area contributed by atoms with Gasteiger partial charge in [-0.1, -0.05) is 373 Å². The van der Waals surface area contributed by atoms with Crippen LogP contribution in [0.25, 0.3) is 0 Å². The Morgan fingerprint density at radius 2 is 0.593 bits per heavy atom. The van der Waals surface area contributed by atoms with E-state index >= 15 is 0 Å². The Morgan fingerprint density at radius 1 is 0.349 bits per heavy atom. The van der Waals surface area contributed by atoms with E-state index in [0.29, 0.717) is 23.9 Å². The van der Waals surface area contributed by atoms with Gasteiger partial charge in [0.05, 0.1) is 27.7 Å². The zero-order valence-corrected chi connectivity index (χ0v) is 59.5. The Balaban J connectivity index is 3.89. The van der Waals surface area contributed by atoms with Crippen LogP contribution in [0, 0.1) is 0 Å². The van der Waals surface area contributed by atoms with Gasteiger partial charge < -0.3 is 18.9 Å². The fourth-order valence-electron chi connectivity index (χ4n) is 11.9. The summed E-state index contributed by atoms with van der Waals surface area (Å²) in [6.45, 7) is 4.52. The number of phosphoric acid groups is 1. The van der Waals surface area contributed by atoms with Crippen LogP contribution < -0.4 is 0 Å². The summed E-state index contributed by atoms with van der Waals surface area (Å²) < 4.78 is 34.8. The van der Waals surface area contributed by atoms with Crippen molar-refractivity contribution in [2.75, 3.05) is 47.5 Å². The molecule has 0 aliphatic heterocycles. The van der Waals surface area contributed by atoms with Gasteiger partial charge in [-0.25, -0.2) is 4.57 Å². The number of nitrogens with zero attached hydrogens (tertiary/aromatic N) is 1. The number of phosphoric ester groups is 1. The van der Waals surface area contributed by atoms with Crippen LogP contribution in [0.2, 0.25) is 0 Å². The van der Waals surface area contributed by atoms with Crippen LogP contribution >= 0.6 is 7.82 Å². The predicted molar refractivity (Wildman–Crippen MR) is 372 cm³/mol. The van der Waals surface area contributed by atoms with E-state index in [9.17, 15) is 19.0 Å². The van der Waals surface area contributed by atoms with Gasteiger partial charge in [-0.2, -0.15) is 0 Å². The lowest BCUT2D eigenvalue weighted by atomic mass is 10.0. The Morgan fingerprint density at radius 3 is 0.860 bits per heavy atom. The molecule has 0 saturated carbocycles. The normalized spacial score (nSPS) is 13.0. The Bertz CT molecular complexity index is 1450. The number of unbranched alkanes of at least 4 members (excludes halogenated alkanes) is 57. The number of allylic oxidation sites excluding steroid dienone is 2. The van der Waals surface area contributed by atoms with Crippen LogP contribution in [0.1, 0.15) is 412 Å². The maximum absolute atomic E-state index is 12.9. The number of hydrogen-bond acceptors (Lipinski definition) is 7. The molecule has 0 aromatic heterocycles. The number of hydrogen-bond donors (Lipinski definition) is 1. The van der Waals surface area contributed by atoms with Gasteiger partial charge >= 0.3 is 19.8 Å². The molecule has 0 amide bonds. The molecule has 10 heteroatoms. The third-order valence-electron chi connectivity index (χ3n) is 17.8. The van der Waals surface area contributed by atoms with Crippen LogP contribution in [0.4, 0.5) is 0 Å². The number of carbonyl (C=O) groups excluding carboxylic acids is 2. The highest BCUT2D eigenvalue weighted by molar-refractivity contribution is 7.47. The van der Waals surface area contributed by atoms with Crippen molar-refractivity contribution in [3.63, 3.8) is 0 Å². The highest BCUT2D eigenvalue weighted by atomic mass is 31.2. The summed E-state index contributed by atoms with van der Waals surface area (Å²) in [5, 5.41) is 0. The average Bonchev–Trinajstić information content (AvgIpc) is 3.70. The molecule has 0 saturated heterocycles. The second-order valence-corrected chi connectivity index (χ2v) is 29.2. The fraction of sp³-hybridized carbons (Fsp3) is 0.947. The molecule has 9 nitrogen and oxygen atoms in total. The molecule has 86 heavy (non-hydrogen) atoms. The summed E-state index contributed by atoms with van der Waals surface area (Å²) in [4.78, 5) is 35.9. The molecule has 0 rings (SSSR count). The first kappa shape index (κ1) is 84.8. The largest absolute Gasteiger partial charge is 0.472 e. The number of rotatable bonds is 73. The molecule has 0 bridgehead atoms. The lowest BCUT2D eigenvalue weighted by Crippen LogP contribution is -2.37. The second kappa shape index (κ2) is 68.1. The van der Waals surface area contributed by atoms with Gasteiger partial charge in [0.15, 0.2) is 6.10 Å². The van der Waals surface area contributed by atoms with Crippen LogP contribution in [-0.2, 0) is 32.7 Å². The number of quaternary nitrogens is 1. The first-order valence-electron chi connectivity index (χ1n) is 38.4. The van der Waals surface area contributed by atoms with Crippen LogP contribution in [0.15, 0.2) is 12.2 Å². The summed E-state index contributed by atoms with van der Waals surface area (Å²) in [6.07, 6.45) is 85.0. The van der Waals surface area contributed by atoms with Crippen LogP contribution in [0.3, 0.4) is 0 Å². The van der Waals surface area contributed by atoms with Gasteiger partial charge in [-0.3, -0.25) is 18.6 Å². The third kappa shape index (κ3) is 71.8. The Hall–Kier alpha value is -1.25. The topological polar surface area (TPSA) is 108 Å². The standard InChI is InChI=1S/C76H150NO8P/c1-6-8-10-12-14-16-18-20-22-24-26-28-30-32-33-34-35-36-37-38-39-40-41-42-43-45-46-48-50-52-54-56-58-60-62-64-66-68-75(78)82-72-74(73-84-86(80,81)83-71-70-77(3,4)5)85-76(79)69-67-65-63-61-59-57-55-53-51-49-47-44-31-29-27-25-23-21-19-17-15-13-11-9-7-2/h25,27,74H,6-24,26,28-73H2,1-5H3/p+1/b27-25-. The molecule has 2 unspecified atom stereocenters. The number of likely N-dealkylation sites (N-methyl/N-ethyl adjacent to an activating group) is 1. The first-order chi connectivity index (χ1) is 42.0. The van der Waals surface area contributed by atoms with E-state index in [1.54, 1.807) is 0 Å². The van der Waals surface area contributed by atoms with E-state index in [1.807, 2.05) is 21.1 Å². The number of carbonyl (C=O) groups is 2. The van der Waals surface area contributed by atoms with Crippen molar-refractivity contribution in [1.82, 2.24) is 0 Å². The predicted octanol–water partition coefficient (Wildman–Crippen LogP) is 25.1. The first-order valence-corrected chi connectivity index (χ1v) is 39.9. The fourth-order valence-corrected chi connectivity index (χ4v) is 12.6. The SMILES string of the molecule is CCCCCCCCCC/C=C\CCCCCCCCCCCCCCCC(=O)OC(COC(=O)CCCCCCCCCCCCCCCCCCCCCCCCCCCCCCCCCCCCCCC)COP(=O)(O)OCC[N+](C)(C)C. The van der Waals surface area contributed by atoms with Crippen molar-refractivity contribution in [3.8, 4) is 0 Å². The van der Waals surface area contributed by atoms with Crippen molar-refractivity contribution in [3.05, 3.63) is 12.2 Å². The van der Waals surface area contributed by atoms with Crippen molar-refractivity contribution < 1.29 is 42.1 Å². The van der Waals surface area contributed by atoms with E-state index in [1.165, 1.54) is 347 Å². The van der Waals surface area contributed by atoms with Crippen LogP contribution in [0.5, 0.6) is 0 Å². The Labute approximate surface area is 537 Å². The summed E-state index contributed by atoms with van der Waals surface area (Å²) in [5.41, 5.74) is 0. The lowest BCUT2D eigenvalue weighted by Gasteiger charge is -2.24. The molecule has 512 valence electrons. The quantitative estimate of drug-likeness (QED) is 0.0211. The Kier molecular flexibility index (Phi) is 67.1. The molecule has 0 fully saturated rings. The van der Waals surface area contributed by atoms with Gasteiger partial charge in [0, 0.05) is 12.8 Å². The lowest BCUT2D eigenvalue weighted by molar-refractivity contribution is -0.870. The zero-order chi connectivity index (χ0) is 62.6. The minimum absolute atomic E-state index is 0.0361. The molecule has 0 heterocycles. The molecule has 0 spiro atoms. The van der Waals surface area contributed by atoms with Gasteiger partial charge in [-0.05, 0) is 38.5 Å². The third-order valence-corrected chi connectivity index (χ3v) is 18.8. The van der Waals surface area contributed by atoms with Gasteiger partial charge in [0.2, 0.25) is 0 Å². The maximum atomic E-state index is 12.9. The molecule has 0 aliphatic carbocycles. The molecule has 0 radical (unpaired) electrons. The molecule has 0 aromatic rings. The molecule has 1 N–H and O–H groups in total. The highest BCUT2D eigenvalue weighted by Gasteiger charge is 2.27. The summed E-state index contributed by atoms with van der Waals surface area (Å²) in [6, 6.07) is 0. The molecule has 0 aromatic carbocycles. The van der Waals surface area contributed by atoms with Gasteiger partial charge in [-0.15, -0.1) is 0 Å². The minimum atomic E-state index is -4.39. The van der Waals surface area contributed by atoms with Crippen LogP contribution in [-0.4, -0.2) is 74.9 Å². The van der Waals surface area contributed by atoms with Crippen molar-refractivity contribution >= 4 is 19.8 Å². The summed E-state index contributed by atoms with van der Waals surface area (Å²) >= 11 is 0. The van der Waals surface area contributed by atoms with E-state index in [-0.39, 0.29) is 25.6 Å². The molecule has 0 aliphatic rings. The average molecular weight is 1240 g/mol. The monoisotopic (exact) mass is 1240 g/mol. The van der Waals surface area contributed by atoms with Crippen molar-refractivity contribution in [2.24, 2.45) is 0 Å².